The number of ether oxygens (including phenoxy) is 1. The van der Waals surface area contributed by atoms with Crippen LogP contribution in [0.25, 0.3) is 0 Å². The van der Waals surface area contributed by atoms with E-state index in [-0.39, 0.29) is 36.1 Å². The van der Waals surface area contributed by atoms with Crippen LogP contribution in [0.3, 0.4) is 0 Å². The topological polar surface area (TPSA) is 88.9 Å². The van der Waals surface area contributed by atoms with Crippen LogP contribution in [0.15, 0.2) is 35.7 Å². The first-order valence-electron chi connectivity index (χ1n) is 10.3. The van der Waals surface area contributed by atoms with E-state index in [4.69, 9.17) is 4.74 Å². The van der Waals surface area contributed by atoms with Gasteiger partial charge in [0, 0.05) is 52.6 Å². The van der Waals surface area contributed by atoms with Gasteiger partial charge in [-0.2, -0.15) is 5.26 Å². The molecule has 1 unspecified atom stereocenters. The van der Waals surface area contributed by atoms with Crippen LogP contribution in [-0.4, -0.2) is 69.6 Å². The van der Waals surface area contributed by atoms with Crippen molar-refractivity contribution in [2.24, 2.45) is 0 Å². The van der Waals surface area contributed by atoms with Crippen LogP contribution in [0.4, 0.5) is 11.4 Å². The number of morpholine rings is 1. The Bertz CT molecular complexity index is 839. The average molecular weight is 412 g/mol. The predicted molar refractivity (Wildman–Crippen MR) is 115 cm³/mol. The smallest absolute Gasteiger partial charge is 0.220 e. The highest BCUT2D eigenvalue weighted by molar-refractivity contribution is 6.03. The Morgan fingerprint density at radius 2 is 1.73 bits per heavy atom. The van der Waals surface area contributed by atoms with Crippen molar-refractivity contribution in [3.05, 3.63) is 35.7 Å². The molecule has 1 saturated heterocycles. The van der Waals surface area contributed by atoms with Crippen LogP contribution in [0.1, 0.15) is 19.8 Å². The number of nitriles is 1. The molecule has 1 amide bonds. The number of amides is 1. The lowest BCUT2D eigenvalue weighted by Gasteiger charge is -2.32. The van der Waals surface area contributed by atoms with Gasteiger partial charge < -0.3 is 19.9 Å². The van der Waals surface area contributed by atoms with Crippen molar-refractivity contribution in [1.82, 2.24) is 10.2 Å². The number of hydrogen-bond donors (Lipinski definition) is 1. The maximum Gasteiger partial charge on any atom is 0.220 e. The van der Waals surface area contributed by atoms with E-state index in [1.807, 2.05) is 48.2 Å². The summed E-state index contributed by atoms with van der Waals surface area (Å²) in [6.45, 7) is 5.74. The van der Waals surface area contributed by atoms with Crippen LogP contribution in [0.2, 0.25) is 0 Å². The first-order valence-corrected chi connectivity index (χ1v) is 10.3. The highest BCUT2D eigenvalue weighted by Gasteiger charge is 2.31. The third-order valence-electron chi connectivity index (χ3n) is 5.70. The van der Waals surface area contributed by atoms with E-state index in [2.05, 4.69) is 23.2 Å². The average Bonchev–Trinajstić information content (AvgIpc) is 3.02. The standard InChI is InChI=1S/C22H29N5O3/c1-16(27-10-12-30-13-11-27)15-24-21(29)9-8-20(28)17(14-23)22-25(2)18-6-4-5-7-19(18)26(22)3/h4-7,16H,8-13,15H2,1-3H3,(H,24,29). The molecular weight excluding hydrogens is 382 g/mol. The zero-order chi connectivity index (χ0) is 21.7. The molecular formula is C22H29N5O3. The minimum Gasteiger partial charge on any atom is -0.379 e. The maximum absolute atomic E-state index is 12.8. The number of nitrogens with zero attached hydrogens (tertiary/aromatic N) is 4. The van der Waals surface area contributed by atoms with Gasteiger partial charge in [0.05, 0.1) is 24.6 Å². The van der Waals surface area contributed by atoms with Gasteiger partial charge in [0.15, 0.2) is 5.78 Å². The summed E-state index contributed by atoms with van der Waals surface area (Å²) in [7, 11) is 3.67. The van der Waals surface area contributed by atoms with Gasteiger partial charge in [-0.1, -0.05) is 12.1 Å². The number of rotatable bonds is 7. The van der Waals surface area contributed by atoms with Crippen molar-refractivity contribution in [2.45, 2.75) is 25.8 Å². The second-order valence-corrected chi connectivity index (χ2v) is 7.64. The normalized spacial score (nSPS) is 17.3. The summed E-state index contributed by atoms with van der Waals surface area (Å²) < 4.78 is 5.35. The monoisotopic (exact) mass is 411 g/mol. The van der Waals surface area contributed by atoms with Crippen molar-refractivity contribution in [1.29, 1.82) is 5.26 Å². The van der Waals surface area contributed by atoms with Gasteiger partial charge in [-0.25, -0.2) is 0 Å². The molecule has 30 heavy (non-hydrogen) atoms. The molecule has 1 N–H and O–H groups in total. The minimum atomic E-state index is -0.324. The molecule has 2 aliphatic rings. The summed E-state index contributed by atoms with van der Waals surface area (Å²) in [5, 5.41) is 12.6. The molecule has 160 valence electrons. The van der Waals surface area contributed by atoms with Crippen molar-refractivity contribution < 1.29 is 14.3 Å². The van der Waals surface area contributed by atoms with Gasteiger partial charge in [0.1, 0.15) is 17.5 Å². The number of benzene rings is 1. The van der Waals surface area contributed by atoms with Crippen LogP contribution in [0.5, 0.6) is 0 Å². The van der Waals surface area contributed by atoms with Gasteiger partial charge in [-0.3, -0.25) is 14.5 Å². The van der Waals surface area contributed by atoms with E-state index in [0.717, 1.165) is 24.5 Å². The molecule has 2 aliphatic heterocycles. The number of Topliss-reactive ketones (excluding diaryl/α,β-unsaturated/α-hetero) is 1. The number of hydrogen-bond acceptors (Lipinski definition) is 7. The Kier molecular flexibility index (Phi) is 7.08. The Labute approximate surface area is 177 Å². The van der Waals surface area contributed by atoms with Gasteiger partial charge in [0.2, 0.25) is 5.91 Å². The molecule has 0 saturated carbocycles. The Morgan fingerprint density at radius 1 is 1.13 bits per heavy atom. The van der Waals surface area contributed by atoms with Crippen molar-refractivity contribution in [2.75, 3.05) is 56.7 Å². The number of carbonyl (C=O) groups is 2. The van der Waals surface area contributed by atoms with Gasteiger partial charge in [-0.05, 0) is 19.1 Å². The van der Waals surface area contributed by atoms with Crippen molar-refractivity contribution in [3.63, 3.8) is 0 Å². The minimum absolute atomic E-state index is 0.00217. The molecule has 0 spiro atoms. The molecule has 1 atom stereocenters. The van der Waals surface area contributed by atoms with Crippen molar-refractivity contribution in [3.8, 4) is 6.07 Å². The third-order valence-corrected chi connectivity index (χ3v) is 5.70. The Morgan fingerprint density at radius 3 is 2.30 bits per heavy atom. The quantitative estimate of drug-likeness (QED) is 0.537. The molecule has 8 heteroatoms. The lowest BCUT2D eigenvalue weighted by atomic mass is 10.1. The maximum atomic E-state index is 12.8. The second-order valence-electron chi connectivity index (χ2n) is 7.64. The molecule has 1 fully saturated rings. The highest BCUT2D eigenvalue weighted by atomic mass is 16.5. The second kappa shape index (κ2) is 9.74. The molecule has 0 aliphatic carbocycles. The lowest BCUT2D eigenvalue weighted by molar-refractivity contribution is -0.124. The van der Waals surface area contributed by atoms with Crippen LogP contribution >= 0.6 is 0 Å². The third kappa shape index (κ3) is 4.64. The number of carbonyl (C=O) groups excluding carboxylic acids is 2. The molecule has 0 bridgehead atoms. The van der Waals surface area contributed by atoms with E-state index in [9.17, 15) is 14.9 Å². The summed E-state index contributed by atoms with van der Waals surface area (Å²) >= 11 is 0. The number of anilines is 2. The largest absolute Gasteiger partial charge is 0.379 e. The first-order chi connectivity index (χ1) is 14.4. The zero-order valence-corrected chi connectivity index (χ0v) is 17.9. The SMILES string of the molecule is CC(CNC(=O)CCC(=O)C(C#N)=C1N(C)c2ccccc2N1C)N1CCOCC1. The fourth-order valence-corrected chi connectivity index (χ4v) is 3.91. The number of ketones is 1. The molecule has 0 radical (unpaired) electrons. The van der Waals surface area contributed by atoms with Gasteiger partial charge in [0.25, 0.3) is 0 Å². The van der Waals surface area contributed by atoms with Crippen molar-refractivity contribution >= 4 is 23.1 Å². The van der Waals surface area contributed by atoms with Crippen LogP contribution in [0, 0.1) is 11.3 Å². The zero-order valence-electron chi connectivity index (χ0n) is 17.9. The Balaban J connectivity index is 1.56. The number of allylic oxidation sites excluding steroid dienone is 1. The molecule has 1 aromatic rings. The van der Waals surface area contributed by atoms with E-state index in [0.29, 0.717) is 25.6 Å². The van der Waals surface area contributed by atoms with E-state index in [1.165, 1.54) is 0 Å². The van der Waals surface area contributed by atoms with Gasteiger partial charge >= 0.3 is 0 Å². The fourth-order valence-electron chi connectivity index (χ4n) is 3.91. The summed E-state index contributed by atoms with van der Waals surface area (Å²) in [6.07, 6.45) is 0.0652. The van der Waals surface area contributed by atoms with E-state index < -0.39 is 0 Å². The van der Waals surface area contributed by atoms with Crippen LogP contribution in [-0.2, 0) is 14.3 Å². The molecule has 1 aromatic carbocycles. The summed E-state index contributed by atoms with van der Waals surface area (Å²) in [5.41, 5.74) is 1.95. The fraction of sp³-hybridized carbons (Fsp3) is 0.500. The summed E-state index contributed by atoms with van der Waals surface area (Å²) in [5.74, 6) is 0.0441. The number of para-hydroxylation sites is 2. The first kappa shape index (κ1) is 21.8. The molecule has 2 heterocycles. The van der Waals surface area contributed by atoms with Gasteiger partial charge in [-0.15, -0.1) is 0 Å². The molecule has 8 nitrogen and oxygen atoms in total. The van der Waals surface area contributed by atoms with E-state index >= 15 is 0 Å². The van der Waals surface area contributed by atoms with E-state index in [1.54, 1.807) is 0 Å². The predicted octanol–water partition coefficient (Wildman–Crippen LogP) is 1.49. The highest BCUT2D eigenvalue weighted by Crippen LogP contribution is 2.40. The summed E-state index contributed by atoms with van der Waals surface area (Å²) in [4.78, 5) is 31.0. The number of fused-ring (bicyclic) bond motifs is 1. The Hall–Kier alpha value is -2.89. The van der Waals surface area contributed by atoms with Crippen LogP contribution < -0.4 is 15.1 Å². The number of nitrogens with one attached hydrogen (secondary N) is 1. The molecule has 0 aromatic heterocycles. The summed E-state index contributed by atoms with van der Waals surface area (Å²) in [6, 6.07) is 9.99. The molecule has 3 rings (SSSR count). The lowest BCUT2D eigenvalue weighted by Crippen LogP contribution is -2.47.